The lowest BCUT2D eigenvalue weighted by Gasteiger charge is -2.40. The Hall–Kier alpha value is -1.12. The highest BCUT2D eigenvalue weighted by molar-refractivity contribution is 6.95. The Morgan fingerprint density at radius 1 is 0.955 bits per heavy atom. The summed E-state index contributed by atoms with van der Waals surface area (Å²) in [5, 5.41) is 3.12. The van der Waals surface area contributed by atoms with Crippen LogP contribution in [0, 0.1) is 5.41 Å². The van der Waals surface area contributed by atoms with Gasteiger partial charge in [-0.15, -0.1) is 0 Å². The van der Waals surface area contributed by atoms with Crippen molar-refractivity contribution >= 4 is 13.4 Å². The van der Waals surface area contributed by atoms with Crippen molar-refractivity contribution in [2.45, 2.75) is 60.0 Å². The van der Waals surface area contributed by atoms with E-state index < -0.39 is 8.24 Å². The summed E-state index contributed by atoms with van der Waals surface area (Å²) >= 11 is 0. The molecule has 0 spiro atoms. The van der Waals surface area contributed by atoms with Crippen LogP contribution >= 0.6 is 0 Å². The zero-order chi connectivity index (χ0) is 16.6. The molecule has 2 heteroatoms. The lowest BCUT2D eigenvalue weighted by Crippen LogP contribution is -2.65. The number of rotatable bonds is 3. The van der Waals surface area contributed by atoms with Crippen molar-refractivity contribution in [2.75, 3.05) is 0 Å². The predicted molar refractivity (Wildman–Crippen MR) is 101 cm³/mol. The second-order valence-electron chi connectivity index (χ2n) is 8.61. The molecule has 1 N–H and O–H groups in total. The maximum Gasteiger partial charge on any atom is 0.183 e. The molecule has 1 aromatic carbocycles. The predicted octanol–water partition coefficient (Wildman–Crippen LogP) is 4.70. The van der Waals surface area contributed by atoms with E-state index in [1.54, 1.807) is 5.20 Å². The second-order valence-corrected chi connectivity index (χ2v) is 12.3. The Balaban J connectivity index is 2.60. The molecule has 0 bridgehead atoms. The average molecular weight is 314 g/mol. The van der Waals surface area contributed by atoms with Crippen molar-refractivity contribution in [2.24, 2.45) is 5.41 Å². The summed E-state index contributed by atoms with van der Waals surface area (Å²) in [5.74, 6) is 0. The van der Waals surface area contributed by atoms with Crippen LogP contribution in [-0.2, 0) is 0 Å². The highest BCUT2D eigenvalue weighted by Crippen LogP contribution is 2.38. The van der Waals surface area contributed by atoms with Gasteiger partial charge >= 0.3 is 0 Å². The van der Waals surface area contributed by atoms with E-state index in [1.165, 1.54) is 10.8 Å². The average Bonchev–Trinajstić information content (AvgIpc) is 2.87. The maximum atomic E-state index is 4.03. The third-order valence-corrected chi connectivity index (χ3v) is 8.74. The summed E-state index contributed by atoms with van der Waals surface area (Å²) in [5.41, 5.74) is 1.84. The van der Waals surface area contributed by atoms with E-state index in [0.717, 1.165) is 6.42 Å². The molecule has 1 unspecified atom stereocenters. The number of allylic oxidation sites excluding steroid dienone is 4. The van der Waals surface area contributed by atoms with Gasteiger partial charge in [0.05, 0.1) is 0 Å². The molecule has 0 aromatic heterocycles. The van der Waals surface area contributed by atoms with Crippen molar-refractivity contribution in [3.05, 3.63) is 53.3 Å². The largest absolute Gasteiger partial charge is 0.326 e. The number of hydrogen-bond acceptors (Lipinski definition) is 1. The smallest absolute Gasteiger partial charge is 0.183 e. The van der Waals surface area contributed by atoms with Crippen molar-refractivity contribution in [3.63, 3.8) is 0 Å². The molecular formula is C20H31NSi. The van der Waals surface area contributed by atoms with Crippen LogP contribution in [0.15, 0.2) is 53.3 Å². The van der Waals surface area contributed by atoms with Crippen molar-refractivity contribution < 1.29 is 0 Å². The van der Waals surface area contributed by atoms with Gasteiger partial charge in [0.15, 0.2) is 8.24 Å². The molecule has 120 valence electrons. The standard InChI is InChI=1S/C20H31NSi/c1-19(2,3)17-14-11-15-18(17)22(7,21-20(4,5)6)16-12-9-8-10-13-16/h8-14,21H,15H2,1-7H3. The molecule has 1 aromatic rings. The Morgan fingerprint density at radius 3 is 2.05 bits per heavy atom. The van der Waals surface area contributed by atoms with E-state index in [1.807, 2.05) is 0 Å². The molecule has 0 fully saturated rings. The van der Waals surface area contributed by atoms with Crippen molar-refractivity contribution in [3.8, 4) is 0 Å². The summed E-state index contributed by atoms with van der Waals surface area (Å²) < 4.78 is 0. The molecule has 1 atom stereocenters. The van der Waals surface area contributed by atoms with Gasteiger partial charge < -0.3 is 4.98 Å². The fourth-order valence-corrected chi connectivity index (χ4v) is 8.05. The molecule has 2 rings (SSSR count). The van der Waals surface area contributed by atoms with E-state index in [0.29, 0.717) is 0 Å². The van der Waals surface area contributed by atoms with E-state index in [-0.39, 0.29) is 11.0 Å². The molecule has 0 saturated heterocycles. The molecule has 0 radical (unpaired) electrons. The molecular weight excluding hydrogens is 282 g/mol. The van der Waals surface area contributed by atoms with Gasteiger partial charge in [-0.25, -0.2) is 0 Å². The number of benzene rings is 1. The molecule has 0 saturated carbocycles. The first-order chi connectivity index (χ1) is 10.0. The van der Waals surface area contributed by atoms with Gasteiger partial charge in [0, 0.05) is 5.54 Å². The maximum absolute atomic E-state index is 4.03. The van der Waals surface area contributed by atoms with Gasteiger partial charge in [-0.05, 0) is 49.9 Å². The highest BCUT2D eigenvalue weighted by Gasteiger charge is 2.40. The lowest BCUT2D eigenvalue weighted by atomic mass is 9.87. The molecule has 0 aliphatic heterocycles. The summed E-state index contributed by atoms with van der Waals surface area (Å²) in [6.07, 6.45) is 5.79. The van der Waals surface area contributed by atoms with Crippen LogP contribution in [0.5, 0.6) is 0 Å². The normalized spacial score (nSPS) is 18.7. The summed E-state index contributed by atoms with van der Waals surface area (Å²) in [6.45, 7) is 16.3. The topological polar surface area (TPSA) is 12.0 Å². The zero-order valence-corrected chi connectivity index (χ0v) is 16.2. The van der Waals surface area contributed by atoms with Crippen LogP contribution in [0.25, 0.3) is 0 Å². The molecule has 22 heavy (non-hydrogen) atoms. The van der Waals surface area contributed by atoms with Crippen LogP contribution < -0.4 is 10.2 Å². The minimum atomic E-state index is -1.93. The lowest BCUT2D eigenvalue weighted by molar-refractivity contribution is 0.506. The Bertz CT molecular complexity index is 584. The van der Waals surface area contributed by atoms with Gasteiger partial charge in [-0.1, -0.05) is 68.5 Å². The van der Waals surface area contributed by atoms with Gasteiger partial charge in [0.1, 0.15) is 0 Å². The fraction of sp³-hybridized carbons (Fsp3) is 0.500. The van der Waals surface area contributed by atoms with Crippen LogP contribution in [0.4, 0.5) is 0 Å². The van der Waals surface area contributed by atoms with E-state index in [2.05, 4.69) is 95.6 Å². The van der Waals surface area contributed by atoms with E-state index in [4.69, 9.17) is 0 Å². The van der Waals surface area contributed by atoms with Crippen LogP contribution in [-0.4, -0.2) is 13.8 Å². The Labute approximate surface area is 137 Å². The van der Waals surface area contributed by atoms with Gasteiger partial charge in [0.25, 0.3) is 0 Å². The molecule has 1 aliphatic rings. The zero-order valence-electron chi connectivity index (χ0n) is 15.2. The van der Waals surface area contributed by atoms with Gasteiger partial charge in [-0.2, -0.15) is 0 Å². The minimum Gasteiger partial charge on any atom is -0.326 e. The van der Waals surface area contributed by atoms with Crippen LogP contribution in [0.3, 0.4) is 0 Å². The third kappa shape index (κ3) is 3.61. The molecule has 1 aliphatic carbocycles. The summed E-state index contributed by atoms with van der Waals surface area (Å²) in [7, 11) is -1.93. The highest BCUT2D eigenvalue weighted by atomic mass is 28.3. The summed E-state index contributed by atoms with van der Waals surface area (Å²) in [4.78, 5) is 4.03. The van der Waals surface area contributed by atoms with Crippen LogP contribution in [0.2, 0.25) is 6.55 Å². The van der Waals surface area contributed by atoms with Gasteiger partial charge in [0.2, 0.25) is 0 Å². The minimum absolute atomic E-state index is 0.107. The second kappa shape index (κ2) is 5.82. The van der Waals surface area contributed by atoms with Gasteiger partial charge in [-0.3, -0.25) is 0 Å². The SMILES string of the molecule is CC(C)(C)N[Si](C)(C1=C(C(C)(C)C)C=CC1)c1ccccc1. The summed E-state index contributed by atoms with van der Waals surface area (Å²) in [6, 6.07) is 11.1. The first-order valence-corrected chi connectivity index (χ1v) is 10.8. The quantitative estimate of drug-likeness (QED) is 0.798. The molecule has 0 heterocycles. The van der Waals surface area contributed by atoms with Crippen molar-refractivity contribution in [1.82, 2.24) is 4.98 Å². The Kier molecular flexibility index (Phi) is 4.56. The monoisotopic (exact) mass is 313 g/mol. The van der Waals surface area contributed by atoms with E-state index >= 15 is 0 Å². The first-order valence-electron chi connectivity index (χ1n) is 8.29. The molecule has 1 nitrogen and oxygen atoms in total. The fourth-order valence-electron chi connectivity index (χ4n) is 3.52. The Morgan fingerprint density at radius 2 is 1.55 bits per heavy atom. The molecule has 0 amide bonds. The number of hydrogen-bond donors (Lipinski definition) is 1. The first kappa shape index (κ1) is 17.2. The van der Waals surface area contributed by atoms with Crippen LogP contribution in [0.1, 0.15) is 48.0 Å². The third-order valence-electron chi connectivity index (χ3n) is 4.32. The van der Waals surface area contributed by atoms with E-state index in [9.17, 15) is 0 Å². The number of nitrogens with one attached hydrogen (secondary N) is 1. The van der Waals surface area contributed by atoms with Crippen molar-refractivity contribution in [1.29, 1.82) is 0 Å².